The fourth-order valence-corrected chi connectivity index (χ4v) is 2.34. The van der Waals surface area contributed by atoms with Gasteiger partial charge in [-0.15, -0.1) is 0 Å². The topological polar surface area (TPSA) is 38.5 Å². The van der Waals surface area contributed by atoms with E-state index in [-0.39, 0.29) is 18.9 Å². The Hall–Kier alpha value is -1.27. The Labute approximate surface area is 116 Å². The second-order valence-electron chi connectivity index (χ2n) is 4.93. The van der Waals surface area contributed by atoms with Crippen LogP contribution in [0.25, 0.3) is 0 Å². The van der Waals surface area contributed by atoms with Crippen LogP contribution in [-0.4, -0.2) is 31.1 Å². The lowest BCUT2D eigenvalue weighted by molar-refractivity contribution is -0.139. The Balaban J connectivity index is 2.02. The molecule has 0 unspecified atom stereocenters. The molecule has 0 amide bonds. The van der Waals surface area contributed by atoms with E-state index in [0.29, 0.717) is 12.1 Å². The van der Waals surface area contributed by atoms with Gasteiger partial charge in [-0.2, -0.15) is 13.2 Å². The molecule has 2 N–H and O–H groups in total. The number of ether oxygens (including phenoxy) is 1. The number of nitrogens with two attached hydrogens (primary N) is 1. The van der Waals surface area contributed by atoms with Crippen LogP contribution in [0, 0.1) is 0 Å². The van der Waals surface area contributed by atoms with Crippen molar-refractivity contribution in [2.24, 2.45) is 5.73 Å². The Morgan fingerprint density at radius 1 is 1.20 bits per heavy atom. The van der Waals surface area contributed by atoms with Crippen molar-refractivity contribution in [1.82, 2.24) is 4.90 Å². The zero-order chi connectivity index (χ0) is 14.6. The monoisotopic (exact) mass is 288 g/mol. The van der Waals surface area contributed by atoms with Crippen LogP contribution in [0.4, 0.5) is 13.2 Å². The van der Waals surface area contributed by atoms with Crippen LogP contribution < -0.4 is 10.5 Å². The Bertz CT molecular complexity index is 443. The van der Waals surface area contributed by atoms with Crippen molar-refractivity contribution in [3.63, 3.8) is 0 Å². The minimum absolute atomic E-state index is 0.0805. The number of likely N-dealkylation sites (tertiary alicyclic amines) is 1. The van der Waals surface area contributed by atoms with E-state index in [9.17, 15) is 13.2 Å². The van der Waals surface area contributed by atoms with Crippen LogP contribution in [0.1, 0.15) is 24.0 Å². The van der Waals surface area contributed by atoms with Gasteiger partial charge >= 0.3 is 6.18 Å². The highest BCUT2D eigenvalue weighted by molar-refractivity contribution is 5.39. The van der Waals surface area contributed by atoms with Gasteiger partial charge < -0.3 is 10.5 Å². The van der Waals surface area contributed by atoms with Crippen molar-refractivity contribution in [2.45, 2.75) is 25.6 Å². The third kappa shape index (κ3) is 3.86. The van der Waals surface area contributed by atoms with Crippen molar-refractivity contribution in [3.8, 4) is 5.75 Å². The van der Waals surface area contributed by atoms with Crippen molar-refractivity contribution >= 4 is 0 Å². The molecule has 0 aromatic heterocycles. The van der Waals surface area contributed by atoms with Gasteiger partial charge in [-0.05, 0) is 43.6 Å². The predicted octanol–water partition coefficient (Wildman–Crippen LogP) is 2.64. The van der Waals surface area contributed by atoms with E-state index in [2.05, 4.69) is 4.90 Å². The van der Waals surface area contributed by atoms with Crippen molar-refractivity contribution in [3.05, 3.63) is 29.3 Å². The molecule has 3 nitrogen and oxygen atoms in total. The number of alkyl halides is 3. The van der Waals surface area contributed by atoms with E-state index in [4.69, 9.17) is 10.5 Å². The van der Waals surface area contributed by atoms with Crippen LogP contribution in [0.5, 0.6) is 5.75 Å². The maximum atomic E-state index is 13.0. The van der Waals surface area contributed by atoms with E-state index < -0.39 is 11.7 Å². The molecule has 1 aromatic carbocycles. The molecule has 0 radical (unpaired) electrons. The zero-order valence-corrected chi connectivity index (χ0v) is 11.2. The molecule has 0 spiro atoms. The van der Waals surface area contributed by atoms with Crippen LogP contribution in [0.15, 0.2) is 18.2 Å². The molecule has 1 aliphatic heterocycles. The molecular formula is C14H19F3N2O. The van der Waals surface area contributed by atoms with Gasteiger partial charge in [0.25, 0.3) is 0 Å². The highest BCUT2D eigenvalue weighted by atomic mass is 19.4. The van der Waals surface area contributed by atoms with E-state index in [1.165, 1.54) is 6.07 Å². The number of benzene rings is 1. The van der Waals surface area contributed by atoms with Crippen LogP contribution in [0.2, 0.25) is 0 Å². The molecule has 0 bridgehead atoms. The largest absolute Gasteiger partial charge is 0.492 e. The first-order chi connectivity index (χ1) is 9.50. The van der Waals surface area contributed by atoms with E-state index in [1.807, 2.05) is 0 Å². The Morgan fingerprint density at radius 3 is 2.50 bits per heavy atom. The summed E-state index contributed by atoms with van der Waals surface area (Å²) in [6.45, 7) is 3.02. The van der Waals surface area contributed by atoms with Crippen LogP contribution in [0.3, 0.4) is 0 Å². The molecule has 0 aliphatic carbocycles. The number of hydrogen-bond acceptors (Lipinski definition) is 3. The van der Waals surface area contributed by atoms with Gasteiger partial charge in [0, 0.05) is 13.1 Å². The van der Waals surface area contributed by atoms with Gasteiger partial charge in [0.15, 0.2) is 0 Å². The quantitative estimate of drug-likeness (QED) is 0.905. The Kier molecular flexibility index (Phi) is 4.88. The van der Waals surface area contributed by atoms with Gasteiger partial charge in [-0.1, -0.05) is 6.07 Å². The highest BCUT2D eigenvalue weighted by Gasteiger charge is 2.34. The Morgan fingerprint density at radius 2 is 1.90 bits per heavy atom. The summed E-state index contributed by atoms with van der Waals surface area (Å²) in [5, 5.41) is 0. The van der Waals surface area contributed by atoms with E-state index in [0.717, 1.165) is 32.0 Å². The number of rotatable bonds is 5. The van der Waals surface area contributed by atoms with Crippen LogP contribution in [-0.2, 0) is 12.7 Å². The fraction of sp³-hybridized carbons (Fsp3) is 0.571. The lowest BCUT2D eigenvalue weighted by Crippen LogP contribution is -2.25. The van der Waals surface area contributed by atoms with E-state index in [1.54, 1.807) is 6.07 Å². The van der Waals surface area contributed by atoms with Gasteiger partial charge in [0.1, 0.15) is 12.4 Å². The second kappa shape index (κ2) is 6.45. The summed E-state index contributed by atoms with van der Waals surface area (Å²) < 4.78 is 44.2. The van der Waals surface area contributed by atoms with Crippen LogP contribution >= 0.6 is 0 Å². The average Bonchev–Trinajstić information content (AvgIpc) is 2.91. The summed E-state index contributed by atoms with van der Waals surface area (Å²) in [6.07, 6.45) is -2.12. The number of halogens is 3. The summed E-state index contributed by atoms with van der Waals surface area (Å²) in [4.78, 5) is 2.20. The molecule has 6 heteroatoms. The molecule has 112 valence electrons. The highest BCUT2D eigenvalue weighted by Crippen LogP contribution is 2.36. The van der Waals surface area contributed by atoms with Gasteiger partial charge in [0.2, 0.25) is 0 Å². The smallest absolute Gasteiger partial charge is 0.419 e. The summed E-state index contributed by atoms with van der Waals surface area (Å²) in [7, 11) is 0. The van der Waals surface area contributed by atoms with Crippen molar-refractivity contribution in [2.75, 3.05) is 26.2 Å². The standard InChI is InChI=1S/C14H19F3N2O/c15-14(16,17)12-9-11(10-18)3-4-13(12)20-8-7-19-5-1-2-6-19/h3-4,9H,1-2,5-8,10,18H2. The first-order valence-electron chi connectivity index (χ1n) is 6.76. The lowest BCUT2D eigenvalue weighted by Gasteiger charge is -2.18. The average molecular weight is 288 g/mol. The maximum absolute atomic E-state index is 13.0. The summed E-state index contributed by atoms with van der Waals surface area (Å²) in [6, 6.07) is 3.99. The predicted molar refractivity (Wildman–Crippen MR) is 70.5 cm³/mol. The third-order valence-electron chi connectivity index (χ3n) is 3.45. The fourth-order valence-electron chi connectivity index (χ4n) is 2.34. The third-order valence-corrected chi connectivity index (χ3v) is 3.45. The molecule has 0 saturated carbocycles. The zero-order valence-electron chi connectivity index (χ0n) is 11.2. The SMILES string of the molecule is NCc1ccc(OCCN2CCCC2)c(C(F)(F)F)c1. The summed E-state index contributed by atoms with van der Waals surface area (Å²) in [5.74, 6) is -0.117. The van der Waals surface area contributed by atoms with Gasteiger partial charge in [-0.3, -0.25) is 4.90 Å². The molecule has 1 fully saturated rings. The molecule has 1 saturated heterocycles. The van der Waals surface area contributed by atoms with Crippen molar-refractivity contribution in [1.29, 1.82) is 0 Å². The number of hydrogen-bond donors (Lipinski definition) is 1. The molecule has 1 heterocycles. The number of nitrogens with zero attached hydrogens (tertiary/aromatic N) is 1. The molecule has 2 rings (SSSR count). The minimum atomic E-state index is -4.42. The second-order valence-corrected chi connectivity index (χ2v) is 4.93. The first kappa shape index (κ1) is 15.1. The molecule has 1 aliphatic rings. The van der Waals surface area contributed by atoms with Gasteiger partial charge in [0.05, 0.1) is 5.56 Å². The van der Waals surface area contributed by atoms with E-state index >= 15 is 0 Å². The molecule has 0 atom stereocenters. The minimum Gasteiger partial charge on any atom is -0.492 e. The molecular weight excluding hydrogens is 269 g/mol. The summed E-state index contributed by atoms with van der Waals surface area (Å²) >= 11 is 0. The normalized spacial score (nSPS) is 16.6. The summed E-state index contributed by atoms with van der Waals surface area (Å²) in [5.41, 5.74) is 5.08. The van der Waals surface area contributed by atoms with Crippen molar-refractivity contribution < 1.29 is 17.9 Å². The first-order valence-corrected chi connectivity index (χ1v) is 6.76. The molecule has 1 aromatic rings. The molecule has 20 heavy (non-hydrogen) atoms. The lowest BCUT2D eigenvalue weighted by atomic mass is 10.1. The van der Waals surface area contributed by atoms with Gasteiger partial charge in [-0.25, -0.2) is 0 Å². The maximum Gasteiger partial charge on any atom is 0.419 e.